The van der Waals surface area contributed by atoms with Gasteiger partial charge in [-0.15, -0.1) is 0 Å². The highest BCUT2D eigenvalue weighted by Gasteiger charge is 2.14. The predicted molar refractivity (Wildman–Crippen MR) is 69.2 cm³/mol. The number of nitrogens with two attached hydrogens (primary N) is 1. The summed E-state index contributed by atoms with van der Waals surface area (Å²) in [5.41, 5.74) is 8.36. The van der Waals surface area contributed by atoms with Crippen molar-refractivity contribution in [3.05, 3.63) is 53.1 Å². The van der Waals surface area contributed by atoms with Gasteiger partial charge in [0.2, 0.25) is 0 Å². The maximum Gasteiger partial charge on any atom is 0.354 e. The van der Waals surface area contributed by atoms with Crippen LogP contribution in [0, 0.1) is 12.7 Å². The molecule has 1 aromatic carbocycles. The summed E-state index contributed by atoms with van der Waals surface area (Å²) in [4.78, 5) is 15.0. The van der Waals surface area contributed by atoms with Crippen LogP contribution in [0.4, 0.5) is 4.39 Å². The number of halogens is 1. The van der Waals surface area contributed by atoms with Crippen LogP contribution in [-0.4, -0.2) is 16.1 Å². The molecule has 1 aromatic heterocycles. The molecular formula is C14H13FN2O2. The maximum absolute atomic E-state index is 12.9. The second-order valence-corrected chi connectivity index (χ2v) is 4.14. The lowest BCUT2D eigenvalue weighted by atomic mass is 9.98. The van der Waals surface area contributed by atoms with E-state index < -0.39 is 5.97 Å². The smallest absolute Gasteiger partial charge is 0.354 e. The van der Waals surface area contributed by atoms with E-state index in [0.29, 0.717) is 11.3 Å². The third-order valence-electron chi connectivity index (χ3n) is 2.91. The molecule has 19 heavy (non-hydrogen) atoms. The monoisotopic (exact) mass is 260 g/mol. The zero-order valence-electron chi connectivity index (χ0n) is 10.4. The maximum atomic E-state index is 12.9. The number of benzene rings is 1. The minimum absolute atomic E-state index is 0.0472. The Labute approximate surface area is 109 Å². The molecule has 3 N–H and O–H groups in total. The van der Waals surface area contributed by atoms with E-state index in [0.717, 1.165) is 11.1 Å². The van der Waals surface area contributed by atoms with Crippen molar-refractivity contribution in [2.75, 3.05) is 0 Å². The van der Waals surface area contributed by atoms with E-state index in [4.69, 9.17) is 10.8 Å². The largest absolute Gasteiger partial charge is 0.477 e. The number of aromatic nitrogens is 1. The van der Waals surface area contributed by atoms with Crippen LogP contribution in [0.3, 0.4) is 0 Å². The molecule has 0 fully saturated rings. The Morgan fingerprint density at radius 2 is 2.00 bits per heavy atom. The van der Waals surface area contributed by atoms with Gasteiger partial charge in [-0.05, 0) is 41.8 Å². The molecule has 0 saturated carbocycles. The molecule has 2 aromatic rings. The summed E-state index contributed by atoms with van der Waals surface area (Å²) in [5.74, 6) is -1.45. The molecule has 0 bridgehead atoms. The summed E-state index contributed by atoms with van der Waals surface area (Å²) in [7, 11) is 0. The van der Waals surface area contributed by atoms with Crippen LogP contribution in [0.1, 0.15) is 21.7 Å². The highest BCUT2D eigenvalue weighted by molar-refractivity contribution is 5.88. The van der Waals surface area contributed by atoms with Crippen molar-refractivity contribution in [3.8, 4) is 11.1 Å². The molecule has 98 valence electrons. The van der Waals surface area contributed by atoms with Crippen molar-refractivity contribution < 1.29 is 14.3 Å². The average Bonchev–Trinajstić information content (AvgIpc) is 2.38. The quantitative estimate of drug-likeness (QED) is 0.888. The van der Waals surface area contributed by atoms with Crippen LogP contribution < -0.4 is 5.73 Å². The van der Waals surface area contributed by atoms with Gasteiger partial charge in [0.15, 0.2) is 0 Å². The van der Waals surface area contributed by atoms with Crippen LogP contribution >= 0.6 is 0 Å². The van der Waals surface area contributed by atoms with Gasteiger partial charge in [-0.2, -0.15) is 0 Å². The molecule has 4 nitrogen and oxygen atoms in total. The van der Waals surface area contributed by atoms with Gasteiger partial charge in [-0.3, -0.25) is 0 Å². The highest BCUT2D eigenvalue weighted by Crippen LogP contribution is 2.26. The predicted octanol–water partition coefficient (Wildman–Crippen LogP) is 2.35. The lowest BCUT2D eigenvalue weighted by Gasteiger charge is -2.12. The summed E-state index contributed by atoms with van der Waals surface area (Å²) in [6.45, 7) is 1.95. The Bertz CT molecular complexity index is 624. The number of nitrogens with zero attached hydrogens (tertiary/aromatic N) is 1. The highest BCUT2D eigenvalue weighted by atomic mass is 19.1. The number of hydrogen-bond acceptors (Lipinski definition) is 3. The SMILES string of the molecule is Cc1nc(C(=O)O)cc(-c2ccc(F)cc2)c1CN. The van der Waals surface area contributed by atoms with Gasteiger partial charge in [0.25, 0.3) is 0 Å². The number of pyridine rings is 1. The fraction of sp³-hybridized carbons (Fsp3) is 0.143. The van der Waals surface area contributed by atoms with Gasteiger partial charge in [0.1, 0.15) is 11.5 Å². The first-order valence-corrected chi connectivity index (χ1v) is 5.72. The van der Waals surface area contributed by atoms with Crippen LogP contribution in [0.15, 0.2) is 30.3 Å². The lowest BCUT2D eigenvalue weighted by Crippen LogP contribution is -2.09. The number of hydrogen-bond donors (Lipinski definition) is 2. The molecule has 0 unspecified atom stereocenters. The molecule has 2 rings (SSSR count). The Balaban J connectivity index is 2.65. The standard InChI is InChI=1S/C14H13FN2O2/c1-8-12(7-16)11(6-13(17-8)14(18)19)9-2-4-10(15)5-3-9/h2-6H,7,16H2,1H3,(H,18,19). The molecule has 0 aliphatic heterocycles. The molecule has 0 spiro atoms. The van der Waals surface area contributed by atoms with E-state index in [1.165, 1.54) is 18.2 Å². The van der Waals surface area contributed by atoms with Crippen molar-refractivity contribution in [3.63, 3.8) is 0 Å². The summed E-state index contributed by atoms with van der Waals surface area (Å²) in [6, 6.07) is 7.30. The molecule has 0 saturated heterocycles. The van der Waals surface area contributed by atoms with Crippen molar-refractivity contribution in [2.24, 2.45) is 5.73 Å². The normalized spacial score (nSPS) is 10.5. The molecule has 0 atom stereocenters. The Morgan fingerprint density at radius 1 is 1.37 bits per heavy atom. The van der Waals surface area contributed by atoms with Crippen molar-refractivity contribution in [1.82, 2.24) is 4.98 Å². The minimum atomic E-state index is -1.10. The molecule has 0 amide bonds. The van der Waals surface area contributed by atoms with E-state index in [1.54, 1.807) is 19.1 Å². The van der Waals surface area contributed by atoms with E-state index in [2.05, 4.69) is 4.98 Å². The summed E-state index contributed by atoms with van der Waals surface area (Å²) >= 11 is 0. The third-order valence-corrected chi connectivity index (χ3v) is 2.91. The molecule has 0 aliphatic carbocycles. The zero-order chi connectivity index (χ0) is 14.0. The molecular weight excluding hydrogens is 247 g/mol. The number of carbonyl (C=O) groups is 1. The fourth-order valence-electron chi connectivity index (χ4n) is 1.95. The van der Waals surface area contributed by atoms with Gasteiger partial charge < -0.3 is 10.8 Å². The van der Waals surface area contributed by atoms with Crippen LogP contribution in [0.2, 0.25) is 0 Å². The Hall–Kier alpha value is -2.27. The van der Waals surface area contributed by atoms with E-state index in [1.807, 2.05) is 0 Å². The van der Waals surface area contributed by atoms with Crippen molar-refractivity contribution in [2.45, 2.75) is 13.5 Å². The van der Waals surface area contributed by atoms with E-state index in [-0.39, 0.29) is 18.1 Å². The number of aromatic carboxylic acids is 1. The van der Waals surface area contributed by atoms with Crippen molar-refractivity contribution >= 4 is 5.97 Å². The van der Waals surface area contributed by atoms with Gasteiger partial charge in [0, 0.05) is 12.2 Å². The number of carboxylic acid groups (broad SMARTS) is 1. The number of aryl methyl sites for hydroxylation is 1. The first-order chi connectivity index (χ1) is 9.02. The van der Waals surface area contributed by atoms with Crippen molar-refractivity contribution in [1.29, 1.82) is 0 Å². The van der Waals surface area contributed by atoms with Crippen LogP contribution in [-0.2, 0) is 6.54 Å². The topological polar surface area (TPSA) is 76.2 Å². The van der Waals surface area contributed by atoms with Crippen LogP contribution in [0.5, 0.6) is 0 Å². The second kappa shape index (κ2) is 5.16. The van der Waals surface area contributed by atoms with Gasteiger partial charge in [0.05, 0.1) is 0 Å². The second-order valence-electron chi connectivity index (χ2n) is 4.14. The van der Waals surface area contributed by atoms with E-state index >= 15 is 0 Å². The third kappa shape index (κ3) is 2.61. The fourth-order valence-corrected chi connectivity index (χ4v) is 1.95. The first-order valence-electron chi connectivity index (χ1n) is 5.72. The van der Waals surface area contributed by atoms with E-state index in [9.17, 15) is 9.18 Å². The summed E-state index contributed by atoms with van der Waals surface area (Å²) in [6.07, 6.45) is 0. The molecule has 1 heterocycles. The minimum Gasteiger partial charge on any atom is -0.477 e. The van der Waals surface area contributed by atoms with Gasteiger partial charge in [-0.25, -0.2) is 14.2 Å². The Morgan fingerprint density at radius 3 is 2.53 bits per heavy atom. The van der Waals surface area contributed by atoms with Gasteiger partial charge in [-0.1, -0.05) is 12.1 Å². The summed E-state index contributed by atoms with van der Waals surface area (Å²) in [5, 5.41) is 9.03. The first kappa shape index (κ1) is 13.2. The average molecular weight is 260 g/mol. The Kier molecular flexibility index (Phi) is 3.57. The lowest BCUT2D eigenvalue weighted by molar-refractivity contribution is 0.0690. The summed E-state index contributed by atoms with van der Waals surface area (Å²) < 4.78 is 12.9. The van der Waals surface area contributed by atoms with Crippen LogP contribution in [0.25, 0.3) is 11.1 Å². The van der Waals surface area contributed by atoms with Gasteiger partial charge >= 0.3 is 5.97 Å². The number of carboxylic acids is 1. The molecule has 0 aliphatic rings. The molecule has 0 radical (unpaired) electrons. The zero-order valence-corrected chi connectivity index (χ0v) is 10.4. The molecule has 5 heteroatoms. The number of rotatable bonds is 3.